The number of likely N-dealkylation sites (N-methyl/N-ethyl adjacent to an activating group) is 1. The summed E-state index contributed by atoms with van der Waals surface area (Å²) in [5, 5.41) is 15.8. The predicted molar refractivity (Wildman–Crippen MR) is 81.9 cm³/mol. The quantitative estimate of drug-likeness (QED) is 0.738. The Morgan fingerprint density at radius 1 is 1.30 bits per heavy atom. The van der Waals surface area contributed by atoms with Crippen molar-refractivity contribution in [2.24, 2.45) is 7.05 Å². The first-order chi connectivity index (χ1) is 9.63. The standard InChI is InChI=1S/C14H17N5S/c1-18(2)7-6-11-9-20-13-5-4-10(8-12(11)13)14-15-17-19(3)16-14/h4-5,8-9H,6-7H2,1-3H3. The van der Waals surface area contributed by atoms with Crippen LogP contribution in [0.3, 0.4) is 0 Å². The zero-order chi connectivity index (χ0) is 14.1. The van der Waals surface area contributed by atoms with E-state index in [4.69, 9.17) is 0 Å². The molecule has 0 atom stereocenters. The molecule has 1 aromatic carbocycles. The smallest absolute Gasteiger partial charge is 0.204 e. The van der Waals surface area contributed by atoms with E-state index < -0.39 is 0 Å². The fourth-order valence-corrected chi connectivity index (χ4v) is 3.14. The Morgan fingerprint density at radius 2 is 2.15 bits per heavy atom. The number of rotatable bonds is 4. The highest BCUT2D eigenvalue weighted by atomic mass is 32.1. The van der Waals surface area contributed by atoms with Crippen molar-refractivity contribution in [2.45, 2.75) is 6.42 Å². The lowest BCUT2D eigenvalue weighted by Gasteiger charge is -2.08. The van der Waals surface area contributed by atoms with Crippen molar-refractivity contribution in [3.05, 3.63) is 29.1 Å². The molecule has 0 aliphatic rings. The molecule has 2 aromatic heterocycles. The lowest BCUT2D eigenvalue weighted by Crippen LogP contribution is -2.14. The molecule has 0 amide bonds. The molecule has 0 aliphatic heterocycles. The van der Waals surface area contributed by atoms with Gasteiger partial charge in [0, 0.05) is 16.8 Å². The third-order valence-corrected chi connectivity index (χ3v) is 4.26. The summed E-state index contributed by atoms with van der Waals surface area (Å²) in [6, 6.07) is 6.38. The van der Waals surface area contributed by atoms with Crippen LogP contribution in [0.2, 0.25) is 0 Å². The fraction of sp³-hybridized carbons (Fsp3) is 0.357. The number of hydrogen-bond donors (Lipinski definition) is 0. The highest BCUT2D eigenvalue weighted by Gasteiger charge is 2.09. The van der Waals surface area contributed by atoms with Crippen LogP contribution >= 0.6 is 11.3 Å². The Kier molecular flexibility index (Phi) is 3.50. The van der Waals surface area contributed by atoms with Gasteiger partial charge in [0.1, 0.15) is 0 Å². The summed E-state index contributed by atoms with van der Waals surface area (Å²) in [5.41, 5.74) is 2.42. The van der Waals surface area contributed by atoms with Gasteiger partial charge in [-0.3, -0.25) is 0 Å². The highest BCUT2D eigenvalue weighted by Crippen LogP contribution is 2.29. The second kappa shape index (κ2) is 5.30. The minimum Gasteiger partial charge on any atom is -0.309 e. The van der Waals surface area contributed by atoms with E-state index in [-0.39, 0.29) is 0 Å². The van der Waals surface area contributed by atoms with E-state index in [0.29, 0.717) is 5.82 Å². The second-order valence-corrected chi connectivity index (χ2v) is 6.04. The fourth-order valence-electron chi connectivity index (χ4n) is 2.16. The summed E-state index contributed by atoms with van der Waals surface area (Å²) in [6.45, 7) is 1.06. The first-order valence-corrected chi connectivity index (χ1v) is 7.40. The van der Waals surface area contributed by atoms with Gasteiger partial charge in [-0.25, -0.2) is 0 Å². The zero-order valence-electron chi connectivity index (χ0n) is 11.9. The lowest BCUT2D eigenvalue weighted by molar-refractivity contribution is 0.414. The summed E-state index contributed by atoms with van der Waals surface area (Å²) in [4.78, 5) is 3.69. The molecular weight excluding hydrogens is 270 g/mol. The minimum absolute atomic E-state index is 0.680. The first-order valence-electron chi connectivity index (χ1n) is 6.53. The van der Waals surface area contributed by atoms with Crippen LogP contribution in [-0.2, 0) is 13.5 Å². The van der Waals surface area contributed by atoms with Gasteiger partial charge in [-0.15, -0.1) is 21.5 Å². The Morgan fingerprint density at radius 3 is 2.85 bits per heavy atom. The highest BCUT2D eigenvalue weighted by molar-refractivity contribution is 7.17. The zero-order valence-corrected chi connectivity index (χ0v) is 12.7. The number of aryl methyl sites for hydroxylation is 1. The third-order valence-electron chi connectivity index (χ3n) is 3.25. The van der Waals surface area contributed by atoms with E-state index in [1.165, 1.54) is 20.4 Å². The third kappa shape index (κ3) is 2.57. The number of thiophene rings is 1. The van der Waals surface area contributed by atoms with Gasteiger partial charge in [0.05, 0.1) is 7.05 Å². The first kappa shape index (κ1) is 13.2. The summed E-state index contributed by atoms with van der Waals surface area (Å²) < 4.78 is 1.31. The molecule has 0 radical (unpaired) electrons. The van der Waals surface area contributed by atoms with Gasteiger partial charge in [0.2, 0.25) is 5.82 Å². The maximum absolute atomic E-state index is 4.27. The molecule has 0 saturated heterocycles. The van der Waals surface area contributed by atoms with Crippen molar-refractivity contribution in [2.75, 3.05) is 20.6 Å². The summed E-state index contributed by atoms with van der Waals surface area (Å²) >= 11 is 1.79. The van der Waals surface area contributed by atoms with Crippen molar-refractivity contribution >= 4 is 21.4 Å². The normalized spacial score (nSPS) is 11.6. The summed E-state index contributed by atoms with van der Waals surface area (Å²) in [5.74, 6) is 0.680. The van der Waals surface area contributed by atoms with E-state index in [1.54, 1.807) is 18.4 Å². The van der Waals surface area contributed by atoms with Crippen molar-refractivity contribution in [3.8, 4) is 11.4 Å². The van der Waals surface area contributed by atoms with Crippen LogP contribution in [0.4, 0.5) is 0 Å². The molecule has 2 heterocycles. The van der Waals surface area contributed by atoms with Crippen molar-refractivity contribution < 1.29 is 0 Å². The molecule has 0 saturated carbocycles. The van der Waals surface area contributed by atoms with Gasteiger partial charge in [0.25, 0.3) is 0 Å². The van der Waals surface area contributed by atoms with Gasteiger partial charge >= 0.3 is 0 Å². The molecule has 0 bridgehead atoms. The molecule has 0 aliphatic carbocycles. The molecule has 0 N–H and O–H groups in total. The molecule has 3 aromatic rings. The average molecular weight is 287 g/mol. The van der Waals surface area contributed by atoms with Crippen LogP contribution in [-0.4, -0.2) is 45.7 Å². The lowest BCUT2D eigenvalue weighted by atomic mass is 10.1. The van der Waals surface area contributed by atoms with E-state index >= 15 is 0 Å². The van der Waals surface area contributed by atoms with Crippen LogP contribution in [0.1, 0.15) is 5.56 Å². The Balaban J connectivity index is 1.98. The second-order valence-electron chi connectivity index (χ2n) is 5.13. The molecule has 0 spiro atoms. The van der Waals surface area contributed by atoms with Crippen molar-refractivity contribution in [1.82, 2.24) is 25.1 Å². The number of tetrazole rings is 1. The molecule has 104 valence electrons. The van der Waals surface area contributed by atoms with Gasteiger partial charge < -0.3 is 4.90 Å². The van der Waals surface area contributed by atoms with Crippen molar-refractivity contribution in [3.63, 3.8) is 0 Å². The number of fused-ring (bicyclic) bond motifs is 1. The Labute approximate surface area is 121 Å². The van der Waals surface area contributed by atoms with Crippen LogP contribution in [0.15, 0.2) is 23.6 Å². The number of aromatic nitrogens is 4. The van der Waals surface area contributed by atoms with Crippen LogP contribution in [0.25, 0.3) is 21.5 Å². The summed E-state index contributed by atoms with van der Waals surface area (Å²) in [6.07, 6.45) is 1.06. The van der Waals surface area contributed by atoms with Crippen LogP contribution < -0.4 is 0 Å². The molecule has 0 fully saturated rings. The van der Waals surface area contributed by atoms with Gasteiger partial charge in [-0.2, -0.15) is 4.80 Å². The number of hydrogen-bond acceptors (Lipinski definition) is 5. The Bertz CT molecular complexity index is 728. The van der Waals surface area contributed by atoms with E-state index in [0.717, 1.165) is 18.5 Å². The Hall–Kier alpha value is -1.79. The van der Waals surface area contributed by atoms with Crippen LogP contribution in [0, 0.1) is 0 Å². The molecule has 20 heavy (non-hydrogen) atoms. The van der Waals surface area contributed by atoms with Crippen LogP contribution in [0.5, 0.6) is 0 Å². The van der Waals surface area contributed by atoms with Gasteiger partial charge in [0.15, 0.2) is 0 Å². The topological polar surface area (TPSA) is 46.8 Å². The van der Waals surface area contributed by atoms with E-state index in [9.17, 15) is 0 Å². The van der Waals surface area contributed by atoms with E-state index in [1.807, 2.05) is 0 Å². The molecule has 5 nitrogen and oxygen atoms in total. The van der Waals surface area contributed by atoms with Crippen molar-refractivity contribution in [1.29, 1.82) is 0 Å². The number of nitrogens with zero attached hydrogens (tertiary/aromatic N) is 5. The monoisotopic (exact) mass is 287 g/mol. The maximum atomic E-state index is 4.27. The molecule has 0 unspecified atom stereocenters. The largest absolute Gasteiger partial charge is 0.309 e. The SMILES string of the molecule is CN(C)CCc1csc2ccc(-c3nnn(C)n3)cc12. The predicted octanol–water partition coefficient (Wildman–Crippen LogP) is 2.20. The average Bonchev–Trinajstić information content (AvgIpc) is 3.02. The molecule has 3 rings (SSSR count). The molecular formula is C14H17N5S. The van der Waals surface area contributed by atoms with Gasteiger partial charge in [-0.05, 0) is 60.3 Å². The minimum atomic E-state index is 0.680. The number of benzene rings is 1. The summed E-state index contributed by atoms with van der Waals surface area (Å²) in [7, 11) is 5.98. The van der Waals surface area contributed by atoms with Gasteiger partial charge in [-0.1, -0.05) is 0 Å². The maximum Gasteiger partial charge on any atom is 0.204 e. The molecule has 6 heteroatoms. The van der Waals surface area contributed by atoms with E-state index in [2.05, 4.69) is 58.0 Å².